The van der Waals surface area contributed by atoms with E-state index in [1.807, 2.05) is 24.3 Å². The third kappa shape index (κ3) is 6.06. The molecule has 0 aliphatic carbocycles. The lowest BCUT2D eigenvalue weighted by Crippen LogP contribution is -2.45. The van der Waals surface area contributed by atoms with Crippen molar-refractivity contribution < 1.29 is 17.9 Å². The molecule has 0 saturated carbocycles. The van der Waals surface area contributed by atoms with Gasteiger partial charge in [0.05, 0.1) is 4.90 Å². The smallest absolute Gasteiger partial charge is 0.324 e. The van der Waals surface area contributed by atoms with Crippen LogP contribution in [-0.2, 0) is 26.2 Å². The zero-order valence-electron chi connectivity index (χ0n) is 16.5. The van der Waals surface area contributed by atoms with E-state index < -0.39 is 22.0 Å². The number of halogens is 1. The molecule has 2 rings (SSSR count). The van der Waals surface area contributed by atoms with Crippen molar-refractivity contribution in [2.75, 3.05) is 0 Å². The highest BCUT2D eigenvalue weighted by molar-refractivity contribution is 7.89. The molecule has 0 aromatic heterocycles. The number of esters is 1. The van der Waals surface area contributed by atoms with Crippen LogP contribution in [0.4, 0.5) is 0 Å². The maximum absolute atomic E-state index is 12.6. The van der Waals surface area contributed by atoms with Crippen molar-refractivity contribution >= 4 is 27.6 Å². The quantitative estimate of drug-likeness (QED) is 0.634. The van der Waals surface area contributed by atoms with Crippen LogP contribution in [0.1, 0.15) is 44.7 Å². The number of carbonyl (C=O) groups is 1. The van der Waals surface area contributed by atoms with Crippen molar-refractivity contribution in [2.24, 2.45) is 5.92 Å². The largest absolute Gasteiger partial charge is 0.460 e. The number of benzene rings is 2. The standard InChI is InChI=1S/C21H26ClNO4S/c1-14(2)17-10-8-16(9-11-17)13-27-21(24)20(15(3)4)23-28(25,26)19-7-5-6-18(22)12-19/h5-12,14-15,20,23H,13H2,1-4H3/t20-/m0/s1. The van der Waals surface area contributed by atoms with Gasteiger partial charge in [-0.05, 0) is 41.2 Å². The van der Waals surface area contributed by atoms with E-state index >= 15 is 0 Å². The van der Waals surface area contributed by atoms with Gasteiger partial charge in [0.25, 0.3) is 0 Å². The Bertz CT molecular complexity index is 908. The SMILES string of the molecule is CC(C)c1ccc(COC(=O)[C@@H](NS(=O)(=O)c2cccc(Cl)c2)C(C)C)cc1. The Morgan fingerprint density at radius 3 is 2.25 bits per heavy atom. The molecule has 1 atom stereocenters. The fraction of sp³-hybridized carbons (Fsp3) is 0.381. The van der Waals surface area contributed by atoms with Crippen molar-refractivity contribution in [3.8, 4) is 0 Å². The molecule has 0 aliphatic heterocycles. The van der Waals surface area contributed by atoms with E-state index in [9.17, 15) is 13.2 Å². The highest BCUT2D eigenvalue weighted by Gasteiger charge is 2.29. The fourth-order valence-corrected chi connectivity index (χ4v) is 4.20. The van der Waals surface area contributed by atoms with Crippen LogP contribution < -0.4 is 4.72 Å². The first-order valence-corrected chi connectivity index (χ1v) is 11.0. The predicted octanol–water partition coefficient (Wildman–Crippen LogP) is 4.51. The van der Waals surface area contributed by atoms with Gasteiger partial charge in [0.1, 0.15) is 12.6 Å². The molecule has 2 aromatic carbocycles. The molecule has 2 aromatic rings. The summed E-state index contributed by atoms with van der Waals surface area (Å²) in [6.07, 6.45) is 0. The van der Waals surface area contributed by atoms with Crippen molar-refractivity contribution in [3.05, 3.63) is 64.7 Å². The third-order valence-corrected chi connectivity index (χ3v) is 6.01. The zero-order valence-corrected chi connectivity index (χ0v) is 18.0. The Morgan fingerprint density at radius 2 is 1.71 bits per heavy atom. The highest BCUT2D eigenvalue weighted by atomic mass is 35.5. The van der Waals surface area contributed by atoms with Crippen molar-refractivity contribution in [1.29, 1.82) is 0 Å². The average molecular weight is 424 g/mol. The lowest BCUT2D eigenvalue weighted by molar-refractivity contribution is -0.148. The van der Waals surface area contributed by atoms with Crippen molar-refractivity contribution in [2.45, 2.75) is 51.2 Å². The lowest BCUT2D eigenvalue weighted by Gasteiger charge is -2.21. The van der Waals surface area contributed by atoms with Gasteiger partial charge in [-0.25, -0.2) is 8.42 Å². The number of rotatable bonds is 8. The monoisotopic (exact) mass is 423 g/mol. The molecule has 0 amide bonds. The first-order valence-electron chi connectivity index (χ1n) is 9.13. The molecule has 0 radical (unpaired) electrons. The molecular formula is C21H26ClNO4S. The Balaban J connectivity index is 2.07. The number of sulfonamides is 1. The van der Waals surface area contributed by atoms with E-state index in [2.05, 4.69) is 18.6 Å². The summed E-state index contributed by atoms with van der Waals surface area (Å²) in [7, 11) is -3.91. The van der Waals surface area contributed by atoms with Crippen LogP contribution in [0, 0.1) is 5.92 Å². The Labute approximate surface area is 172 Å². The zero-order chi connectivity index (χ0) is 20.9. The van der Waals surface area contributed by atoms with Crippen LogP contribution >= 0.6 is 11.6 Å². The van der Waals surface area contributed by atoms with Crippen molar-refractivity contribution in [1.82, 2.24) is 4.72 Å². The molecule has 7 heteroatoms. The highest BCUT2D eigenvalue weighted by Crippen LogP contribution is 2.18. The molecule has 0 heterocycles. The summed E-state index contributed by atoms with van der Waals surface area (Å²) in [6, 6.07) is 12.7. The molecule has 0 aliphatic rings. The molecule has 0 fully saturated rings. The van der Waals surface area contributed by atoms with Crippen LogP contribution in [0.15, 0.2) is 53.4 Å². The van der Waals surface area contributed by atoms with Gasteiger partial charge in [0, 0.05) is 5.02 Å². The van der Waals surface area contributed by atoms with Gasteiger partial charge >= 0.3 is 5.97 Å². The van der Waals surface area contributed by atoms with Crippen LogP contribution in [0.3, 0.4) is 0 Å². The number of nitrogens with one attached hydrogen (secondary N) is 1. The minimum atomic E-state index is -3.91. The van der Waals surface area contributed by atoms with E-state index in [1.54, 1.807) is 26.0 Å². The molecule has 0 bridgehead atoms. The summed E-state index contributed by atoms with van der Waals surface area (Å²) < 4.78 is 33.0. The number of ether oxygens (including phenoxy) is 1. The second-order valence-corrected chi connectivity index (χ2v) is 9.45. The lowest BCUT2D eigenvalue weighted by atomic mass is 10.0. The molecule has 0 unspecified atom stereocenters. The van der Waals surface area contributed by atoms with Crippen LogP contribution in [0.2, 0.25) is 5.02 Å². The third-order valence-electron chi connectivity index (χ3n) is 4.34. The fourth-order valence-electron chi connectivity index (χ4n) is 2.57. The minimum Gasteiger partial charge on any atom is -0.460 e. The van der Waals surface area contributed by atoms with Crippen LogP contribution in [-0.4, -0.2) is 20.4 Å². The number of carbonyl (C=O) groups excluding carboxylic acids is 1. The molecule has 152 valence electrons. The van der Waals surface area contributed by atoms with Gasteiger partial charge in [-0.3, -0.25) is 4.79 Å². The topological polar surface area (TPSA) is 72.5 Å². The molecule has 28 heavy (non-hydrogen) atoms. The van der Waals surface area contributed by atoms with Gasteiger partial charge in [0.2, 0.25) is 10.0 Å². The summed E-state index contributed by atoms with van der Waals surface area (Å²) in [5.74, 6) is -0.485. The summed E-state index contributed by atoms with van der Waals surface area (Å²) in [4.78, 5) is 12.5. The average Bonchev–Trinajstić information content (AvgIpc) is 2.64. The van der Waals surface area contributed by atoms with Gasteiger partial charge in [-0.2, -0.15) is 4.72 Å². The van der Waals surface area contributed by atoms with Gasteiger partial charge < -0.3 is 4.74 Å². The summed E-state index contributed by atoms with van der Waals surface area (Å²) in [5.41, 5.74) is 2.04. The molecule has 5 nitrogen and oxygen atoms in total. The predicted molar refractivity (Wildman–Crippen MR) is 111 cm³/mol. The second kappa shape index (κ2) is 9.54. The van der Waals surface area contributed by atoms with Gasteiger partial charge in [-0.15, -0.1) is 0 Å². The summed E-state index contributed by atoms with van der Waals surface area (Å²) in [6.45, 7) is 7.80. The van der Waals surface area contributed by atoms with Gasteiger partial charge in [0.15, 0.2) is 0 Å². The van der Waals surface area contributed by atoms with Crippen LogP contribution in [0.5, 0.6) is 0 Å². The second-order valence-electron chi connectivity index (χ2n) is 7.30. The van der Waals surface area contributed by atoms with E-state index in [-0.39, 0.29) is 17.4 Å². The summed E-state index contributed by atoms with van der Waals surface area (Å²) in [5, 5.41) is 0.302. The molecule has 1 N–H and O–H groups in total. The van der Waals surface area contributed by atoms with E-state index in [0.717, 1.165) is 5.56 Å². The minimum absolute atomic E-state index is 0.00252. The van der Waals surface area contributed by atoms with E-state index in [4.69, 9.17) is 16.3 Å². The van der Waals surface area contributed by atoms with E-state index in [1.165, 1.54) is 17.7 Å². The Hall–Kier alpha value is -1.89. The Morgan fingerprint density at radius 1 is 1.07 bits per heavy atom. The normalized spacial score (nSPS) is 13.0. The first-order chi connectivity index (χ1) is 13.1. The first kappa shape index (κ1) is 22.4. The Kier molecular flexibility index (Phi) is 7.63. The maximum Gasteiger partial charge on any atom is 0.324 e. The van der Waals surface area contributed by atoms with Gasteiger partial charge in [-0.1, -0.05) is 69.6 Å². The maximum atomic E-state index is 12.6. The number of hydrogen-bond donors (Lipinski definition) is 1. The summed E-state index contributed by atoms with van der Waals surface area (Å²) >= 11 is 5.88. The molecule has 0 spiro atoms. The molecule has 0 saturated heterocycles. The van der Waals surface area contributed by atoms with Crippen molar-refractivity contribution in [3.63, 3.8) is 0 Å². The molecular weight excluding hydrogens is 398 g/mol. The number of hydrogen-bond acceptors (Lipinski definition) is 4. The van der Waals surface area contributed by atoms with Crippen LogP contribution in [0.25, 0.3) is 0 Å². The van der Waals surface area contributed by atoms with E-state index in [0.29, 0.717) is 10.9 Å².